The van der Waals surface area contributed by atoms with Crippen LogP contribution < -0.4 is 0 Å². The lowest BCUT2D eigenvalue weighted by molar-refractivity contribution is 0.786. The molecule has 0 saturated heterocycles. The van der Waals surface area contributed by atoms with Crippen LogP contribution in [-0.2, 0) is 6.54 Å². The molecular formula is C24H24N2. The van der Waals surface area contributed by atoms with Gasteiger partial charge in [-0.15, -0.1) is 0 Å². The van der Waals surface area contributed by atoms with E-state index < -0.39 is 0 Å². The zero-order chi connectivity index (χ0) is 18.3. The highest BCUT2D eigenvalue weighted by Crippen LogP contribution is 2.25. The average Bonchev–Trinajstić information content (AvgIpc) is 2.92. The van der Waals surface area contributed by atoms with Gasteiger partial charge in [-0.1, -0.05) is 48.5 Å². The van der Waals surface area contributed by atoms with E-state index in [0.717, 1.165) is 17.9 Å². The number of hydrogen-bond acceptors (Lipinski definition) is 1. The van der Waals surface area contributed by atoms with Crippen molar-refractivity contribution in [2.45, 2.75) is 34.2 Å². The second-order valence-electron chi connectivity index (χ2n) is 7.18. The Morgan fingerprint density at radius 1 is 0.769 bits per heavy atom. The largest absolute Gasteiger partial charge is 0.324 e. The van der Waals surface area contributed by atoms with Crippen molar-refractivity contribution >= 4 is 11.0 Å². The molecule has 0 amide bonds. The first-order valence-corrected chi connectivity index (χ1v) is 9.12. The second-order valence-corrected chi connectivity index (χ2v) is 7.18. The van der Waals surface area contributed by atoms with Crippen LogP contribution in [0.25, 0.3) is 22.2 Å². The topological polar surface area (TPSA) is 17.8 Å². The van der Waals surface area contributed by atoms with Crippen LogP contribution in [-0.4, -0.2) is 9.55 Å². The minimum atomic E-state index is 0.846. The highest BCUT2D eigenvalue weighted by Gasteiger charge is 2.10. The molecule has 0 N–H and O–H groups in total. The fourth-order valence-electron chi connectivity index (χ4n) is 3.57. The van der Waals surface area contributed by atoms with Crippen molar-refractivity contribution in [3.8, 4) is 11.1 Å². The van der Waals surface area contributed by atoms with E-state index in [1.54, 1.807) is 0 Å². The summed E-state index contributed by atoms with van der Waals surface area (Å²) in [6.07, 6.45) is 0. The van der Waals surface area contributed by atoms with E-state index >= 15 is 0 Å². The fourth-order valence-corrected chi connectivity index (χ4v) is 3.57. The highest BCUT2D eigenvalue weighted by atomic mass is 15.1. The van der Waals surface area contributed by atoms with Crippen LogP contribution >= 0.6 is 0 Å². The number of rotatable bonds is 3. The zero-order valence-corrected chi connectivity index (χ0v) is 15.9. The monoisotopic (exact) mass is 340 g/mol. The first-order valence-electron chi connectivity index (χ1n) is 9.12. The standard InChI is InChI=1S/C24H24N2/c1-16-7-5-6-8-22(16)21-11-9-20(10-12-21)15-26-19(4)25-23-13-17(2)18(3)14-24(23)26/h5-14H,15H2,1-4H3. The molecule has 2 heteroatoms. The van der Waals surface area contributed by atoms with E-state index in [0.29, 0.717) is 0 Å². The number of aromatic nitrogens is 2. The lowest BCUT2D eigenvalue weighted by Crippen LogP contribution is -2.02. The summed E-state index contributed by atoms with van der Waals surface area (Å²) in [5.41, 5.74) is 10.1. The average molecular weight is 340 g/mol. The molecule has 1 heterocycles. The normalized spacial score (nSPS) is 11.2. The van der Waals surface area contributed by atoms with E-state index in [-0.39, 0.29) is 0 Å². The van der Waals surface area contributed by atoms with Gasteiger partial charge in [0.15, 0.2) is 0 Å². The van der Waals surface area contributed by atoms with Gasteiger partial charge in [-0.2, -0.15) is 0 Å². The minimum Gasteiger partial charge on any atom is -0.324 e. The van der Waals surface area contributed by atoms with Gasteiger partial charge in [0.05, 0.1) is 11.0 Å². The van der Waals surface area contributed by atoms with Crippen LogP contribution in [0.1, 0.15) is 28.1 Å². The molecule has 0 aliphatic carbocycles. The molecule has 2 nitrogen and oxygen atoms in total. The van der Waals surface area contributed by atoms with Crippen LogP contribution in [0.2, 0.25) is 0 Å². The highest BCUT2D eigenvalue weighted by molar-refractivity contribution is 5.78. The maximum Gasteiger partial charge on any atom is 0.107 e. The van der Waals surface area contributed by atoms with E-state index in [1.807, 2.05) is 0 Å². The SMILES string of the molecule is Cc1cc2nc(C)n(Cc3ccc(-c4ccccc4C)cc3)c2cc1C. The molecule has 0 spiro atoms. The molecule has 0 bridgehead atoms. The van der Waals surface area contributed by atoms with Crippen molar-refractivity contribution < 1.29 is 0 Å². The van der Waals surface area contributed by atoms with E-state index in [1.165, 1.54) is 38.9 Å². The Hall–Kier alpha value is -2.87. The molecule has 0 atom stereocenters. The molecular weight excluding hydrogens is 316 g/mol. The molecule has 4 rings (SSSR count). The van der Waals surface area contributed by atoms with Gasteiger partial charge in [0.25, 0.3) is 0 Å². The van der Waals surface area contributed by atoms with Crippen molar-refractivity contribution in [1.82, 2.24) is 9.55 Å². The molecule has 4 aromatic rings. The predicted octanol–water partition coefficient (Wildman–Crippen LogP) is 5.99. The number of benzene rings is 3. The van der Waals surface area contributed by atoms with Crippen LogP contribution in [0.3, 0.4) is 0 Å². The minimum absolute atomic E-state index is 0.846. The van der Waals surface area contributed by atoms with Crippen molar-refractivity contribution in [2.75, 3.05) is 0 Å². The number of aryl methyl sites for hydroxylation is 4. The Bertz CT molecular complexity index is 1090. The van der Waals surface area contributed by atoms with Gasteiger partial charge >= 0.3 is 0 Å². The third-order valence-electron chi connectivity index (χ3n) is 5.31. The fraction of sp³-hybridized carbons (Fsp3) is 0.208. The van der Waals surface area contributed by atoms with E-state index in [4.69, 9.17) is 4.98 Å². The lowest BCUT2D eigenvalue weighted by Gasteiger charge is -2.10. The number of imidazole rings is 1. The van der Waals surface area contributed by atoms with Gasteiger partial charge in [0.2, 0.25) is 0 Å². The Labute approximate surface area is 155 Å². The maximum atomic E-state index is 4.75. The molecule has 130 valence electrons. The van der Waals surface area contributed by atoms with Crippen molar-refractivity contribution in [3.05, 3.63) is 88.7 Å². The van der Waals surface area contributed by atoms with Crippen molar-refractivity contribution in [2.24, 2.45) is 0 Å². The van der Waals surface area contributed by atoms with Gasteiger partial charge in [-0.3, -0.25) is 0 Å². The summed E-state index contributed by atoms with van der Waals surface area (Å²) in [6.45, 7) is 9.41. The summed E-state index contributed by atoms with van der Waals surface area (Å²) < 4.78 is 2.31. The first-order chi connectivity index (χ1) is 12.5. The number of hydrogen-bond donors (Lipinski definition) is 0. The molecule has 3 aromatic carbocycles. The zero-order valence-electron chi connectivity index (χ0n) is 15.9. The molecule has 0 saturated carbocycles. The first kappa shape index (κ1) is 16.6. The molecule has 0 aliphatic rings. The molecule has 0 radical (unpaired) electrons. The Morgan fingerprint density at radius 2 is 1.46 bits per heavy atom. The molecule has 26 heavy (non-hydrogen) atoms. The van der Waals surface area contributed by atoms with Crippen LogP contribution in [0.15, 0.2) is 60.7 Å². The van der Waals surface area contributed by atoms with Gasteiger partial charge < -0.3 is 4.57 Å². The quantitative estimate of drug-likeness (QED) is 0.448. The molecule has 0 fully saturated rings. The third-order valence-corrected chi connectivity index (χ3v) is 5.31. The van der Waals surface area contributed by atoms with Gasteiger partial charge in [0.1, 0.15) is 5.82 Å². The van der Waals surface area contributed by atoms with Crippen molar-refractivity contribution in [3.63, 3.8) is 0 Å². The summed E-state index contributed by atoms with van der Waals surface area (Å²) in [6, 6.07) is 21.9. The summed E-state index contributed by atoms with van der Waals surface area (Å²) in [5.74, 6) is 1.06. The Balaban J connectivity index is 1.68. The van der Waals surface area contributed by atoms with Crippen LogP contribution in [0.4, 0.5) is 0 Å². The van der Waals surface area contributed by atoms with E-state index in [9.17, 15) is 0 Å². The predicted molar refractivity (Wildman–Crippen MR) is 110 cm³/mol. The maximum absolute atomic E-state index is 4.75. The van der Waals surface area contributed by atoms with Crippen molar-refractivity contribution in [1.29, 1.82) is 0 Å². The van der Waals surface area contributed by atoms with Crippen LogP contribution in [0.5, 0.6) is 0 Å². The molecule has 1 aromatic heterocycles. The van der Waals surface area contributed by atoms with Gasteiger partial charge in [-0.05, 0) is 73.2 Å². The molecule has 0 unspecified atom stereocenters. The lowest BCUT2D eigenvalue weighted by atomic mass is 9.99. The summed E-state index contributed by atoms with van der Waals surface area (Å²) in [7, 11) is 0. The van der Waals surface area contributed by atoms with Gasteiger partial charge in [-0.25, -0.2) is 4.98 Å². The second kappa shape index (κ2) is 6.45. The number of fused-ring (bicyclic) bond motifs is 1. The summed E-state index contributed by atoms with van der Waals surface area (Å²) in [4.78, 5) is 4.75. The Morgan fingerprint density at radius 3 is 2.19 bits per heavy atom. The molecule has 0 aliphatic heterocycles. The van der Waals surface area contributed by atoms with Crippen LogP contribution in [0, 0.1) is 27.7 Å². The smallest absolute Gasteiger partial charge is 0.107 e. The summed E-state index contributed by atoms with van der Waals surface area (Å²) in [5, 5.41) is 0. The Kier molecular flexibility index (Phi) is 4.12. The number of nitrogens with zero attached hydrogens (tertiary/aromatic N) is 2. The summed E-state index contributed by atoms with van der Waals surface area (Å²) >= 11 is 0. The van der Waals surface area contributed by atoms with E-state index in [2.05, 4.69) is 92.9 Å². The third kappa shape index (κ3) is 2.92. The van der Waals surface area contributed by atoms with Gasteiger partial charge in [0, 0.05) is 6.54 Å².